The molecular weight excluding hydrogens is 234 g/mol. The average molecular weight is 247 g/mol. The second-order valence-corrected chi connectivity index (χ2v) is 4.92. The summed E-state index contributed by atoms with van der Waals surface area (Å²) in [7, 11) is 0. The van der Waals surface area contributed by atoms with Crippen LogP contribution in [0.3, 0.4) is 0 Å². The van der Waals surface area contributed by atoms with Gasteiger partial charge in [-0.3, -0.25) is 4.68 Å². The van der Waals surface area contributed by atoms with Gasteiger partial charge in [0.15, 0.2) is 5.82 Å². The number of thioether (sulfide) groups is 1. The highest BCUT2D eigenvalue weighted by molar-refractivity contribution is 7.98. The fourth-order valence-electron chi connectivity index (χ4n) is 1.86. The second-order valence-electron chi connectivity index (χ2n) is 3.94. The van der Waals surface area contributed by atoms with Gasteiger partial charge in [-0.2, -0.15) is 16.9 Å². The Balaban J connectivity index is 2.06. The fourth-order valence-corrected chi connectivity index (χ4v) is 2.91. The van der Waals surface area contributed by atoms with Crippen molar-refractivity contribution in [3.63, 3.8) is 0 Å². The van der Waals surface area contributed by atoms with Crippen LogP contribution >= 0.6 is 11.8 Å². The molecule has 2 aromatic heterocycles. The Morgan fingerprint density at radius 1 is 1.41 bits per heavy atom. The number of hydrogen-bond donors (Lipinski definition) is 1. The van der Waals surface area contributed by atoms with Crippen LogP contribution in [0, 0.1) is 0 Å². The number of fused-ring (bicyclic) bond motifs is 1. The van der Waals surface area contributed by atoms with Crippen LogP contribution in [-0.4, -0.2) is 19.7 Å². The Kier molecular flexibility index (Phi) is 2.51. The van der Waals surface area contributed by atoms with E-state index in [1.807, 2.05) is 29.6 Å². The minimum atomic E-state index is 0.610. The molecule has 2 N–H and O–H groups in total. The van der Waals surface area contributed by atoms with Gasteiger partial charge in [0.1, 0.15) is 5.82 Å². The highest BCUT2D eigenvalue weighted by Gasteiger charge is 2.19. The molecule has 1 aliphatic heterocycles. The molecule has 88 valence electrons. The number of rotatable bonds is 2. The number of nitrogen functional groups attached to an aromatic ring is 1. The lowest BCUT2D eigenvalue weighted by Crippen LogP contribution is -2.02. The third-order valence-corrected chi connectivity index (χ3v) is 3.80. The lowest BCUT2D eigenvalue weighted by atomic mass is 10.2. The van der Waals surface area contributed by atoms with Crippen molar-refractivity contribution in [1.29, 1.82) is 0 Å². The molecule has 5 nitrogen and oxygen atoms in total. The van der Waals surface area contributed by atoms with Gasteiger partial charge in [0.25, 0.3) is 0 Å². The highest BCUT2D eigenvalue weighted by atomic mass is 32.2. The maximum Gasteiger partial charge on any atom is 0.164 e. The molecule has 0 aliphatic carbocycles. The van der Waals surface area contributed by atoms with Gasteiger partial charge < -0.3 is 5.73 Å². The first-order valence-electron chi connectivity index (χ1n) is 5.53. The molecule has 0 bridgehead atoms. The molecule has 0 unspecified atom stereocenters. The predicted molar refractivity (Wildman–Crippen MR) is 68.3 cm³/mol. The quantitative estimate of drug-likeness (QED) is 0.874. The average Bonchev–Trinajstić information content (AvgIpc) is 2.97. The molecule has 0 saturated heterocycles. The summed E-state index contributed by atoms with van der Waals surface area (Å²) in [5, 5.41) is 4.22. The van der Waals surface area contributed by atoms with Crippen LogP contribution in [0.15, 0.2) is 12.4 Å². The van der Waals surface area contributed by atoms with Crippen molar-refractivity contribution in [2.75, 3.05) is 5.73 Å². The molecule has 2 aromatic rings. The zero-order valence-electron chi connectivity index (χ0n) is 9.55. The van der Waals surface area contributed by atoms with Crippen molar-refractivity contribution in [2.45, 2.75) is 25.0 Å². The summed E-state index contributed by atoms with van der Waals surface area (Å²) in [6, 6.07) is 0. The lowest BCUT2D eigenvalue weighted by Gasteiger charge is -2.04. The van der Waals surface area contributed by atoms with Crippen LogP contribution in [-0.2, 0) is 18.1 Å². The summed E-state index contributed by atoms with van der Waals surface area (Å²) in [6.45, 7) is 2.89. The van der Waals surface area contributed by atoms with Crippen molar-refractivity contribution < 1.29 is 0 Å². The largest absolute Gasteiger partial charge is 0.383 e. The Morgan fingerprint density at radius 2 is 2.29 bits per heavy atom. The molecule has 1 aliphatic rings. The number of hydrogen-bond acceptors (Lipinski definition) is 5. The van der Waals surface area contributed by atoms with Crippen molar-refractivity contribution in [1.82, 2.24) is 19.7 Å². The minimum Gasteiger partial charge on any atom is -0.383 e. The van der Waals surface area contributed by atoms with Gasteiger partial charge in [-0.25, -0.2) is 9.97 Å². The molecule has 0 amide bonds. The molecule has 0 saturated carbocycles. The van der Waals surface area contributed by atoms with Gasteiger partial charge in [-0.1, -0.05) is 0 Å². The molecule has 0 fully saturated rings. The van der Waals surface area contributed by atoms with Crippen molar-refractivity contribution in [3.8, 4) is 11.4 Å². The normalized spacial score (nSPS) is 13.9. The SMILES string of the molecule is CCn1cc(-c2nc(N)c3c(n2)CSC3)cn1. The Hall–Kier alpha value is -1.56. The van der Waals surface area contributed by atoms with Crippen molar-refractivity contribution in [2.24, 2.45) is 0 Å². The molecule has 0 aromatic carbocycles. The highest BCUT2D eigenvalue weighted by Crippen LogP contribution is 2.32. The summed E-state index contributed by atoms with van der Waals surface area (Å²) in [4.78, 5) is 8.93. The van der Waals surface area contributed by atoms with Gasteiger partial charge in [-0.15, -0.1) is 0 Å². The van der Waals surface area contributed by atoms with Crippen molar-refractivity contribution >= 4 is 17.6 Å². The third-order valence-electron chi connectivity index (χ3n) is 2.83. The van der Waals surface area contributed by atoms with Crippen LogP contribution in [0.5, 0.6) is 0 Å². The van der Waals surface area contributed by atoms with E-state index in [4.69, 9.17) is 5.73 Å². The van der Waals surface area contributed by atoms with E-state index < -0.39 is 0 Å². The smallest absolute Gasteiger partial charge is 0.164 e. The number of aryl methyl sites for hydroxylation is 1. The number of nitrogens with zero attached hydrogens (tertiary/aromatic N) is 4. The molecule has 0 spiro atoms. The summed E-state index contributed by atoms with van der Waals surface area (Å²) in [5.74, 6) is 3.15. The molecule has 17 heavy (non-hydrogen) atoms. The predicted octanol–water partition coefficient (Wildman–Crippen LogP) is 1.69. The number of aromatic nitrogens is 4. The Labute approximate surface area is 103 Å². The molecule has 3 rings (SSSR count). The lowest BCUT2D eigenvalue weighted by molar-refractivity contribution is 0.660. The Morgan fingerprint density at radius 3 is 3.06 bits per heavy atom. The summed E-state index contributed by atoms with van der Waals surface area (Å²) in [5.41, 5.74) is 9.06. The Bertz CT molecular complexity index is 563. The van der Waals surface area contributed by atoms with Gasteiger partial charge in [0.2, 0.25) is 0 Å². The minimum absolute atomic E-state index is 0.610. The van der Waals surface area contributed by atoms with Gasteiger partial charge >= 0.3 is 0 Å². The van der Waals surface area contributed by atoms with Crippen LogP contribution in [0.4, 0.5) is 5.82 Å². The zero-order chi connectivity index (χ0) is 11.8. The molecule has 0 radical (unpaired) electrons. The van der Waals surface area contributed by atoms with Gasteiger partial charge in [0, 0.05) is 29.8 Å². The van der Waals surface area contributed by atoms with Crippen LogP contribution in [0.1, 0.15) is 18.2 Å². The summed E-state index contributed by atoms with van der Waals surface area (Å²) < 4.78 is 1.86. The molecular formula is C11H13N5S. The van der Waals surface area contributed by atoms with E-state index in [9.17, 15) is 0 Å². The van der Waals surface area contributed by atoms with E-state index in [1.165, 1.54) is 0 Å². The molecule has 6 heteroatoms. The molecule has 3 heterocycles. The fraction of sp³-hybridized carbons (Fsp3) is 0.364. The van der Waals surface area contributed by atoms with E-state index in [1.54, 1.807) is 6.20 Å². The summed E-state index contributed by atoms with van der Waals surface area (Å²) >= 11 is 1.83. The van der Waals surface area contributed by atoms with Gasteiger partial charge in [0.05, 0.1) is 17.5 Å². The van der Waals surface area contributed by atoms with E-state index in [0.29, 0.717) is 11.6 Å². The number of anilines is 1. The maximum absolute atomic E-state index is 5.96. The van der Waals surface area contributed by atoms with Crippen LogP contribution < -0.4 is 5.73 Å². The van der Waals surface area contributed by atoms with E-state index >= 15 is 0 Å². The van der Waals surface area contributed by atoms with E-state index in [0.717, 1.165) is 34.9 Å². The van der Waals surface area contributed by atoms with Crippen LogP contribution in [0.25, 0.3) is 11.4 Å². The van der Waals surface area contributed by atoms with Crippen molar-refractivity contribution in [3.05, 3.63) is 23.7 Å². The van der Waals surface area contributed by atoms with Crippen LogP contribution in [0.2, 0.25) is 0 Å². The first-order valence-corrected chi connectivity index (χ1v) is 6.69. The van der Waals surface area contributed by atoms with E-state index in [2.05, 4.69) is 15.1 Å². The molecule has 0 atom stereocenters. The third kappa shape index (κ3) is 1.78. The first-order chi connectivity index (χ1) is 8.28. The monoisotopic (exact) mass is 247 g/mol. The first kappa shape index (κ1) is 10.6. The zero-order valence-corrected chi connectivity index (χ0v) is 10.4. The topological polar surface area (TPSA) is 69.6 Å². The summed E-state index contributed by atoms with van der Waals surface area (Å²) in [6.07, 6.45) is 3.73. The number of nitrogens with two attached hydrogens (primary N) is 1. The van der Waals surface area contributed by atoms with E-state index in [-0.39, 0.29) is 0 Å². The van der Waals surface area contributed by atoms with Gasteiger partial charge in [-0.05, 0) is 6.92 Å². The maximum atomic E-state index is 5.96. The second kappa shape index (κ2) is 4.03. The standard InChI is InChI=1S/C11H13N5S/c1-2-16-4-7(3-13-16)11-14-9-6-17-5-8(9)10(12)15-11/h3-4H,2,5-6H2,1H3,(H2,12,14,15).